The summed E-state index contributed by atoms with van der Waals surface area (Å²) in [6, 6.07) is 5.72. The van der Waals surface area contributed by atoms with E-state index in [4.69, 9.17) is 0 Å². The van der Waals surface area contributed by atoms with Crippen molar-refractivity contribution in [3.8, 4) is 0 Å². The van der Waals surface area contributed by atoms with Crippen molar-refractivity contribution in [1.82, 2.24) is 10.3 Å². The normalized spacial score (nSPS) is 22.0. The molecule has 0 radical (unpaired) electrons. The molecule has 0 aliphatic carbocycles. The lowest BCUT2D eigenvalue weighted by Crippen LogP contribution is -2.29. The molecule has 2 heterocycles. The Balaban J connectivity index is 1.84. The zero-order valence-corrected chi connectivity index (χ0v) is 9.54. The Hall–Kier alpha value is -1.16. The molecular formula is C12H18FN3. The highest BCUT2D eigenvalue weighted by atomic mass is 19.1. The number of pyridine rings is 1. The predicted molar refractivity (Wildman–Crippen MR) is 62.9 cm³/mol. The first-order valence-electron chi connectivity index (χ1n) is 5.86. The maximum atomic E-state index is 12.9. The maximum absolute atomic E-state index is 12.9. The Morgan fingerprint density at radius 2 is 2.50 bits per heavy atom. The third kappa shape index (κ3) is 3.17. The van der Waals surface area contributed by atoms with Gasteiger partial charge in [-0.3, -0.25) is 0 Å². The van der Waals surface area contributed by atoms with Gasteiger partial charge >= 0.3 is 0 Å². The lowest BCUT2D eigenvalue weighted by Gasteiger charge is -2.18. The molecule has 0 amide bonds. The van der Waals surface area contributed by atoms with E-state index in [2.05, 4.69) is 22.5 Å². The summed E-state index contributed by atoms with van der Waals surface area (Å²) in [5, 5.41) is 6.67. The van der Waals surface area contributed by atoms with Gasteiger partial charge in [0.25, 0.3) is 0 Å². The van der Waals surface area contributed by atoms with Gasteiger partial charge in [-0.1, -0.05) is 6.07 Å². The van der Waals surface area contributed by atoms with Crippen LogP contribution < -0.4 is 10.6 Å². The van der Waals surface area contributed by atoms with Crippen LogP contribution in [0.5, 0.6) is 0 Å². The highest BCUT2D eigenvalue weighted by Gasteiger charge is 2.16. The molecule has 2 atom stereocenters. The molecule has 1 aliphatic rings. The van der Waals surface area contributed by atoms with Crippen molar-refractivity contribution in [3.05, 3.63) is 24.1 Å². The second-order valence-electron chi connectivity index (χ2n) is 4.42. The van der Waals surface area contributed by atoms with E-state index >= 15 is 0 Å². The van der Waals surface area contributed by atoms with Crippen LogP contribution in [0.25, 0.3) is 0 Å². The van der Waals surface area contributed by atoms with Crippen LogP contribution in [0.3, 0.4) is 0 Å². The lowest BCUT2D eigenvalue weighted by atomic mass is 10.1. The van der Waals surface area contributed by atoms with Gasteiger partial charge in [-0.05, 0) is 44.9 Å². The fourth-order valence-electron chi connectivity index (χ4n) is 2.18. The molecule has 0 saturated carbocycles. The van der Waals surface area contributed by atoms with Crippen LogP contribution in [0.4, 0.5) is 10.2 Å². The minimum absolute atomic E-state index is 0.310. The minimum atomic E-state index is -0.434. The van der Waals surface area contributed by atoms with E-state index in [9.17, 15) is 4.39 Å². The zero-order chi connectivity index (χ0) is 11.4. The van der Waals surface area contributed by atoms with Gasteiger partial charge in [0.1, 0.15) is 5.82 Å². The maximum Gasteiger partial charge on any atom is 0.214 e. The minimum Gasteiger partial charge on any atom is -0.367 e. The quantitative estimate of drug-likeness (QED) is 0.768. The first-order chi connectivity index (χ1) is 7.74. The van der Waals surface area contributed by atoms with Crippen molar-refractivity contribution in [2.75, 3.05) is 11.9 Å². The molecule has 1 aliphatic heterocycles. The van der Waals surface area contributed by atoms with E-state index in [-0.39, 0.29) is 0 Å². The molecule has 1 aromatic heterocycles. The van der Waals surface area contributed by atoms with E-state index in [1.54, 1.807) is 12.1 Å². The van der Waals surface area contributed by atoms with Crippen LogP contribution in [0, 0.1) is 5.95 Å². The van der Waals surface area contributed by atoms with Crippen molar-refractivity contribution < 1.29 is 4.39 Å². The number of hydrogen-bond donors (Lipinski definition) is 2. The van der Waals surface area contributed by atoms with Crippen LogP contribution >= 0.6 is 0 Å². The second kappa shape index (κ2) is 5.25. The monoisotopic (exact) mass is 223 g/mol. The molecule has 1 fully saturated rings. The predicted octanol–water partition coefficient (Wildman–Crippen LogP) is 2.16. The summed E-state index contributed by atoms with van der Waals surface area (Å²) < 4.78 is 12.9. The van der Waals surface area contributed by atoms with Crippen molar-refractivity contribution in [3.63, 3.8) is 0 Å². The number of aromatic nitrogens is 1. The largest absolute Gasteiger partial charge is 0.367 e. The summed E-state index contributed by atoms with van der Waals surface area (Å²) in [5.41, 5.74) is 0. The molecule has 4 heteroatoms. The van der Waals surface area contributed by atoms with Gasteiger partial charge in [0.2, 0.25) is 5.95 Å². The molecule has 0 aromatic carbocycles. The number of rotatable bonds is 4. The van der Waals surface area contributed by atoms with E-state index in [0.717, 1.165) is 13.0 Å². The smallest absolute Gasteiger partial charge is 0.214 e. The van der Waals surface area contributed by atoms with Gasteiger partial charge in [0.05, 0.1) is 0 Å². The standard InChI is InChI=1S/C12H18FN3/c1-9(8-10-4-3-7-14-10)15-12-6-2-5-11(13)16-12/h2,5-6,9-10,14H,3-4,7-8H2,1H3,(H,15,16). The Kier molecular flexibility index (Phi) is 3.72. The Bertz CT molecular complexity index is 337. The van der Waals surface area contributed by atoms with Crippen LogP contribution in [0.1, 0.15) is 26.2 Å². The highest BCUT2D eigenvalue weighted by molar-refractivity contribution is 5.34. The van der Waals surface area contributed by atoms with Gasteiger partial charge in [-0.2, -0.15) is 4.39 Å². The topological polar surface area (TPSA) is 37.0 Å². The molecule has 2 rings (SSSR count). The van der Waals surface area contributed by atoms with Gasteiger partial charge in [0, 0.05) is 12.1 Å². The molecule has 88 valence electrons. The number of anilines is 1. The number of nitrogens with zero attached hydrogens (tertiary/aromatic N) is 1. The van der Waals surface area contributed by atoms with Gasteiger partial charge in [-0.25, -0.2) is 4.98 Å². The molecule has 16 heavy (non-hydrogen) atoms. The van der Waals surface area contributed by atoms with Gasteiger partial charge in [0.15, 0.2) is 0 Å². The van der Waals surface area contributed by atoms with Crippen molar-refractivity contribution in [2.45, 2.75) is 38.3 Å². The third-order valence-corrected chi connectivity index (χ3v) is 2.91. The highest BCUT2D eigenvalue weighted by Crippen LogP contribution is 2.13. The van der Waals surface area contributed by atoms with Crippen LogP contribution in [-0.4, -0.2) is 23.6 Å². The fourth-order valence-corrected chi connectivity index (χ4v) is 2.18. The van der Waals surface area contributed by atoms with Crippen molar-refractivity contribution >= 4 is 5.82 Å². The SMILES string of the molecule is CC(CC1CCCN1)Nc1cccc(F)n1. The Morgan fingerprint density at radius 1 is 1.62 bits per heavy atom. The summed E-state index contributed by atoms with van der Waals surface area (Å²) >= 11 is 0. The number of hydrogen-bond acceptors (Lipinski definition) is 3. The summed E-state index contributed by atoms with van der Waals surface area (Å²) in [4.78, 5) is 3.79. The fraction of sp³-hybridized carbons (Fsp3) is 0.583. The number of nitrogens with one attached hydrogen (secondary N) is 2. The molecular weight excluding hydrogens is 205 g/mol. The van der Waals surface area contributed by atoms with Gasteiger partial charge in [-0.15, -0.1) is 0 Å². The van der Waals surface area contributed by atoms with Crippen molar-refractivity contribution in [2.24, 2.45) is 0 Å². The average molecular weight is 223 g/mol. The molecule has 0 spiro atoms. The number of halogens is 1. The zero-order valence-electron chi connectivity index (χ0n) is 9.54. The van der Waals surface area contributed by atoms with E-state index in [0.29, 0.717) is 17.9 Å². The molecule has 2 N–H and O–H groups in total. The summed E-state index contributed by atoms with van der Waals surface area (Å²) in [6.07, 6.45) is 3.55. The van der Waals surface area contributed by atoms with Crippen LogP contribution in [0.15, 0.2) is 18.2 Å². The van der Waals surface area contributed by atoms with E-state index < -0.39 is 5.95 Å². The lowest BCUT2D eigenvalue weighted by molar-refractivity contribution is 0.521. The molecule has 0 bridgehead atoms. The molecule has 1 aromatic rings. The van der Waals surface area contributed by atoms with Crippen LogP contribution in [0.2, 0.25) is 0 Å². The summed E-state index contributed by atoms with van der Waals surface area (Å²) in [7, 11) is 0. The first-order valence-corrected chi connectivity index (χ1v) is 5.86. The second-order valence-corrected chi connectivity index (χ2v) is 4.42. The van der Waals surface area contributed by atoms with E-state index in [1.165, 1.54) is 18.9 Å². The van der Waals surface area contributed by atoms with E-state index in [1.807, 2.05) is 0 Å². The Morgan fingerprint density at radius 3 is 3.19 bits per heavy atom. The van der Waals surface area contributed by atoms with Crippen molar-refractivity contribution in [1.29, 1.82) is 0 Å². The van der Waals surface area contributed by atoms with Crippen LogP contribution in [-0.2, 0) is 0 Å². The van der Waals surface area contributed by atoms with Gasteiger partial charge < -0.3 is 10.6 Å². The average Bonchev–Trinajstić information content (AvgIpc) is 2.70. The Labute approximate surface area is 95.5 Å². The summed E-state index contributed by atoms with van der Waals surface area (Å²) in [6.45, 7) is 3.22. The summed E-state index contributed by atoms with van der Waals surface area (Å²) in [5.74, 6) is 0.182. The molecule has 2 unspecified atom stereocenters. The molecule has 3 nitrogen and oxygen atoms in total. The first kappa shape index (κ1) is 11.3. The third-order valence-electron chi connectivity index (χ3n) is 2.91. The molecule has 1 saturated heterocycles.